The van der Waals surface area contributed by atoms with Gasteiger partial charge in [0, 0.05) is 0 Å². The van der Waals surface area contributed by atoms with Gasteiger partial charge in [0.1, 0.15) is 5.58 Å². The Bertz CT molecular complexity index is 610. The SMILES string of the molecule is O=S1(=O)Oc2oc3ccccc3c2O1. The molecule has 0 N–H and O–H groups in total. The summed E-state index contributed by atoms with van der Waals surface area (Å²) in [4.78, 5) is 0. The first kappa shape index (κ1) is 7.69. The van der Waals surface area contributed by atoms with Gasteiger partial charge in [0.15, 0.2) is 0 Å². The molecule has 0 unspecified atom stereocenters. The molecule has 1 aromatic carbocycles. The van der Waals surface area contributed by atoms with Crippen molar-refractivity contribution < 1.29 is 21.2 Å². The Kier molecular flexibility index (Phi) is 1.22. The van der Waals surface area contributed by atoms with Gasteiger partial charge in [-0.1, -0.05) is 12.1 Å². The third-order valence-electron chi connectivity index (χ3n) is 1.88. The van der Waals surface area contributed by atoms with Gasteiger partial charge in [-0.2, -0.15) is 0 Å². The van der Waals surface area contributed by atoms with Gasteiger partial charge in [-0.25, -0.2) is 0 Å². The van der Waals surface area contributed by atoms with Crippen molar-refractivity contribution in [3.63, 3.8) is 0 Å². The van der Waals surface area contributed by atoms with Crippen molar-refractivity contribution in [1.29, 1.82) is 0 Å². The van der Waals surface area contributed by atoms with Gasteiger partial charge in [0.05, 0.1) is 5.39 Å². The molecule has 1 aliphatic heterocycles. The largest absolute Gasteiger partial charge is 0.504 e. The standard InChI is InChI=1S/C8H4O5S/c9-14(10)12-7-5-3-1-2-4-6(5)11-8(7)13-14/h1-4H. The van der Waals surface area contributed by atoms with Gasteiger partial charge in [-0.05, 0) is 12.1 Å². The summed E-state index contributed by atoms with van der Waals surface area (Å²) in [6, 6.07) is 6.93. The Labute approximate surface area is 79.2 Å². The van der Waals surface area contributed by atoms with Crippen molar-refractivity contribution in [2.75, 3.05) is 0 Å². The molecular formula is C8H4O5S. The van der Waals surface area contributed by atoms with Gasteiger partial charge >= 0.3 is 16.3 Å². The van der Waals surface area contributed by atoms with Crippen LogP contribution in [-0.2, 0) is 10.4 Å². The Hall–Kier alpha value is -1.69. The van der Waals surface area contributed by atoms with Crippen LogP contribution < -0.4 is 8.37 Å². The van der Waals surface area contributed by atoms with E-state index in [-0.39, 0.29) is 11.7 Å². The van der Waals surface area contributed by atoms with Gasteiger partial charge < -0.3 is 12.8 Å². The summed E-state index contributed by atoms with van der Waals surface area (Å²) < 4.78 is 36.0. The monoisotopic (exact) mass is 212 g/mol. The zero-order chi connectivity index (χ0) is 9.76. The molecule has 0 aliphatic carbocycles. The van der Waals surface area contributed by atoms with E-state index in [1.165, 1.54) is 0 Å². The molecule has 0 spiro atoms. The van der Waals surface area contributed by atoms with Crippen LogP contribution in [0.2, 0.25) is 0 Å². The number of rotatable bonds is 0. The van der Waals surface area contributed by atoms with Crippen LogP contribution in [0.3, 0.4) is 0 Å². The predicted molar refractivity (Wildman–Crippen MR) is 46.4 cm³/mol. The fourth-order valence-electron chi connectivity index (χ4n) is 1.34. The number of para-hydroxylation sites is 1. The lowest BCUT2D eigenvalue weighted by molar-refractivity contribution is 0.393. The van der Waals surface area contributed by atoms with E-state index >= 15 is 0 Å². The van der Waals surface area contributed by atoms with Crippen LogP contribution in [0.25, 0.3) is 11.0 Å². The molecule has 1 aromatic heterocycles. The highest BCUT2D eigenvalue weighted by Crippen LogP contribution is 2.44. The summed E-state index contributed by atoms with van der Waals surface area (Å²) in [6.07, 6.45) is 0. The zero-order valence-corrected chi connectivity index (χ0v) is 7.58. The Morgan fingerprint density at radius 2 is 1.86 bits per heavy atom. The van der Waals surface area contributed by atoms with E-state index in [2.05, 4.69) is 8.37 Å². The molecule has 0 bridgehead atoms. The topological polar surface area (TPSA) is 65.7 Å². The van der Waals surface area contributed by atoms with Crippen LogP contribution in [-0.4, -0.2) is 8.42 Å². The number of furan rings is 1. The number of benzene rings is 1. The highest BCUT2D eigenvalue weighted by Gasteiger charge is 2.34. The van der Waals surface area contributed by atoms with E-state index in [1.807, 2.05) is 0 Å². The molecule has 0 saturated carbocycles. The van der Waals surface area contributed by atoms with Crippen LogP contribution in [0, 0.1) is 0 Å². The fraction of sp³-hybridized carbons (Fsp3) is 0. The minimum Gasteiger partial charge on any atom is -0.422 e. The van der Waals surface area contributed by atoms with Gasteiger partial charge in [0.25, 0.3) is 0 Å². The number of hydrogen-bond acceptors (Lipinski definition) is 5. The second kappa shape index (κ2) is 2.21. The van der Waals surface area contributed by atoms with E-state index in [9.17, 15) is 8.42 Å². The molecule has 5 nitrogen and oxygen atoms in total. The molecule has 72 valence electrons. The van der Waals surface area contributed by atoms with Crippen molar-refractivity contribution in [2.45, 2.75) is 0 Å². The molecule has 6 heteroatoms. The van der Waals surface area contributed by atoms with Crippen molar-refractivity contribution in [1.82, 2.24) is 0 Å². The molecule has 3 rings (SSSR count). The smallest absolute Gasteiger partial charge is 0.422 e. The molecule has 0 amide bonds. The zero-order valence-electron chi connectivity index (χ0n) is 6.76. The Morgan fingerprint density at radius 1 is 1.07 bits per heavy atom. The molecule has 2 aromatic rings. The number of fused-ring (bicyclic) bond motifs is 3. The van der Waals surface area contributed by atoms with Crippen molar-refractivity contribution in [3.05, 3.63) is 24.3 Å². The third kappa shape index (κ3) is 0.912. The normalized spacial score (nSPS) is 17.4. The third-order valence-corrected chi connectivity index (χ3v) is 2.61. The highest BCUT2D eigenvalue weighted by molar-refractivity contribution is 7.82. The summed E-state index contributed by atoms with van der Waals surface area (Å²) in [5, 5.41) is 0.587. The van der Waals surface area contributed by atoms with Crippen LogP contribution in [0.5, 0.6) is 11.7 Å². The first-order chi connectivity index (χ1) is 6.66. The summed E-state index contributed by atoms with van der Waals surface area (Å²) in [5.41, 5.74) is 0.535. The molecule has 0 fully saturated rings. The van der Waals surface area contributed by atoms with Crippen molar-refractivity contribution in [3.8, 4) is 11.7 Å². The highest BCUT2D eigenvalue weighted by atomic mass is 32.3. The maximum absolute atomic E-state index is 10.9. The minimum atomic E-state index is -3.95. The van der Waals surface area contributed by atoms with E-state index in [0.717, 1.165) is 0 Å². The van der Waals surface area contributed by atoms with Gasteiger partial charge in [0.2, 0.25) is 5.75 Å². The minimum absolute atomic E-state index is 0.105. The van der Waals surface area contributed by atoms with Gasteiger partial charge in [-0.3, -0.25) is 0 Å². The summed E-state index contributed by atoms with van der Waals surface area (Å²) in [5.74, 6) is 0.0202. The quantitative estimate of drug-likeness (QED) is 0.661. The summed E-state index contributed by atoms with van der Waals surface area (Å²) in [6.45, 7) is 0. The first-order valence-corrected chi connectivity index (χ1v) is 5.14. The van der Waals surface area contributed by atoms with Crippen molar-refractivity contribution in [2.24, 2.45) is 0 Å². The fourth-order valence-corrected chi connectivity index (χ4v) is 2.04. The Balaban J connectivity index is 2.36. The Morgan fingerprint density at radius 3 is 2.71 bits per heavy atom. The van der Waals surface area contributed by atoms with Crippen LogP contribution in [0.1, 0.15) is 0 Å². The second-order valence-electron chi connectivity index (χ2n) is 2.79. The molecule has 2 heterocycles. The predicted octanol–water partition coefficient (Wildman–Crippen LogP) is 1.45. The van der Waals surface area contributed by atoms with E-state index in [0.29, 0.717) is 11.0 Å². The van der Waals surface area contributed by atoms with Crippen LogP contribution >= 0.6 is 0 Å². The van der Waals surface area contributed by atoms with Gasteiger partial charge in [-0.15, -0.1) is 8.42 Å². The van der Waals surface area contributed by atoms with Crippen LogP contribution in [0.4, 0.5) is 0 Å². The van der Waals surface area contributed by atoms with E-state index < -0.39 is 10.4 Å². The van der Waals surface area contributed by atoms with E-state index in [1.54, 1.807) is 24.3 Å². The maximum atomic E-state index is 10.9. The molecule has 14 heavy (non-hydrogen) atoms. The second-order valence-corrected chi connectivity index (χ2v) is 3.94. The average Bonchev–Trinajstić information content (AvgIpc) is 2.56. The maximum Gasteiger partial charge on any atom is 0.504 e. The average molecular weight is 212 g/mol. The summed E-state index contributed by atoms with van der Waals surface area (Å²) >= 11 is 0. The molecule has 0 saturated heterocycles. The summed E-state index contributed by atoms with van der Waals surface area (Å²) in [7, 11) is -3.95. The lowest BCUT2D eigenvalue weighted by Crippen LogP contribution is -2.08. The number of hydrogen-bond donors (Lipinski definition) is 0. The molecule has 0 atom stereocenters. The van der Waals surface area contributed by atoms with Crippen molar-refractivity contribution >= 4 is 21.4 Å². The lowest BCUT2D eigenvalue weighted by atomic mass is 10.2. The lowest BCUT2D eigenvalue weighted by Gasteiger charge is -1.92. The van der Waals surface area contributed by atoms with Crippen LogP contribution in [0.15, 0.2) is 28.7 Å². The van der Waals surface area contributed by atoms with E-state index in [4.69, 9.17) is 4.42 Å². The first-order valence-electron chi connectivity index (χ1n) is 3.81. The molecular weight excluding hydrogens is 208 g/mol. The molecule has 1 aliphatic rings. The molecule has 0 radical (unpaired) electrons.